The summed E-state index contributed by atoms with van der Waals surface area (Å²) in [6.07, 6.45) is 2.01. The third-order valence-corrected chi connectivity index (χ3v) is 10.5. The molecule has 1 heterocycles. The van der Waals surface area contributed by atoms with E-state index in [0.29, 0.717) is 42.0 Å². The van der Waals surface area contributed by atoms with Crippen molar-refractivity contribution in [2.24, 2.45) is 0 Å². The Balaban J connectivity index is 1.31. The summed E-state index contributed by atoms with van der Waals surface area (Å²) in [5, 5.41) is 11.4. The lowest BCUT2D eigenvalue weighted by Crippen LogP contribution is -2.35. The van der Waals surface area contributed by atoms with Gasteiger partial charge in [-0.15, -0.1) is 0 Å². The molecule has 5 rings (SSSR count). The van der Waals surface area contributed by atoms with Crippen LogP contribution in [-0.4, -0.2) is 46.3 Å². The summed E-state index contributed by atoms with van der Waals surface area (Å²) >= 11 is 3.64. The largest absolute Gasteiger partial charge is 0.478 e. The topological polar surface area (TPSA) is 128 Å². The zero-order valence-electron chi connectivity index (χ0n) is 25.4. The molecule has 1 atom stereocenters. The molecule has 244 valence electrons. The summed E-state index contributed by atoms with van der Waals surface area (Å²) in [6, 6.07) is 31.8. The van der Waals surface area contributed by atoms with Crippen molar-refractivity contribution < 1.29 is 27.1 Å². The molecule has 0 aliphatic rings. The molecule has 9 nitrogen and oxygen atoms in total. The summed E-state index contributed by atoms with van der Waals surface area (Å²) in [4.78, 5) is 16.8. The van der Waals surface area contributed by atoms with Gasteiger partial charge in [-0.25, -0.2) is 17.4 Å². The maximum atomic E-state index is 14.0. The Hall–Kier alpha value is -4.29. The molecule has 0 bridgehead atoms. The molecule has 0 radical (unpaired) electrons. The van der Waals surface area contributed by atoms with Crippen LogP contribution in [0, 0.1) is 0 Å². The first-order chi connectivity index (χ1) is 22.6. The van der Waals surface area contributed by atoms with Crippen LogP contribution in [0.4, 0.5) is 11.4 Å². The van der Waals surface area contributed by atoms with Crippen LogP contribution in [0.2, 0.25) is 5.02 Å². The molecule has 47 heavy (non-hydrogen) atoms. The third-order valence-electron chi connectivity index (χ3n) is 7.68. The summed E-state index contributed by atoms with van der Waals surface area (Å²) in [5.41, 5.74) is 3.84. The summed E-state index contributed by atoms with van der Waals surface area (Å²) in [7, 11) is -4.05. The Morgan fingerprint density at radius 2 is 1.51 bits per heavy atom. The number of hydrogen-bond acceptors (Lipinski definition) is 5. The molecular weight excluding hydrogens is 658 g/mol. The van der Waals surface area contributed by atoms with E-state index in [9.17, 15) is 27.1 Å². The molecule has 0 amide bonds. The third kappa shape index (κ3) is 8.95. The number of aryl methyl sites for hydroxylation is 2. The number of rotatable bonds is 15. The van der Waals surface area contributed by atoms with Crippen LogP contribution < -0.4 is 8.61 Å². The second-order valence-corrected chi connectivity index (χ2v) is 14.2. The van der Waals surface area contributed by atoms with E-state index in [1.807, 2.05) is 54.6 Å². The van der Waals surface area contributed by atoms with Crippen molar-refractivity contribution >= 4 is 61.1 Å². The Morgan fingerprint density at radius 3 is 2.28 bits per heavy atom. The van der Waals surface area contributed by atoms with Gasteiger partial charge in [0.25, 0.3) is 11.3 Å². The van der Waals surface area contributed by atoms with Gasteiger partial charge in [0.1, 0.15) is 0 Å². The number of unbranched alkanes of at least 4 members (excludes halogenated alkanes) is 1. The first kappa shape index (κ1) is 34.1. The van der Waals surface area contributed by atoms with E-state index < -0.39 is 27.3 Å². The Morgan fingerprint density at radius 1 is 0.809 bits per heavy atom. The average molecular weight is 692 g/mol. The number of aromatic carboxylic acids is 1. The number of aromatic nitrogens is 1. The normalized spacial score (nSPS) is 12.1. The molecule has 0 fully saturated rings. The van der Waals surface area contributed by atoms with Gasteiger partial charge in [0.15, 0.2) is 0 Å². The smallest absolute Gasteiger partial charge is 0.337 e. The van der Waals surface area contributed by atoms with Crippen LogP contribution in [0.25, 0.3) is 10.9 Å². The van der Waals surface area contributed by atoms with Crippen LogP contribution in [0.3, 0.4) is 0 Å². The van der Waals surface area contributed by atoms with Gasteiger partial charge in [0.2, 0.25) is 10.0 Å². The average Bonchev–Trinajstić information content (AvgIpc) is 3.05. The molecule has 0 spiro atoms. The number of carboxylic acid groups (broad SMARTS) is 1. The van der Waals surface area contributed by atoms with Crippen LogP contribution >= 0.6 is 11.6 Å². The number of nitrogens with zero attached hydrogens (tertiary/aromatic N) is 3. The lowest BCUT2D eigenvalue weighted by Gasteiger charge is -2.27. The minimum absolute atomic E-state index is 0.0214. The molecule has 0 saturated heterocycles. The molecule has 0 saturated carbocycles. The molecule has 2 N–H and O–H groups in total. The first-order valence-corrected chi connectivity index (χ1v) is 18.0. The lowest BCUT2D eigenvalue weighted by atomic mass is 10.0. The summed E-state index contributed by atoms with van der Waals surface area (Å²) < 4.78 is 52.3. The highest BCUT2D eigenvalue weighted by molar-refractivity contribution is 7.92. The van der Waals surface area contributed by atoms with Gasteiger partial charge in [-0.05, 0) is 85.3 Å². The maximum Gasteiger partial charge on any atom is 0.337 e. The number of fused-ring (bicyclic) bond motifs is 1. The van der Waals surface area contributed by atoms with E-state index in [0.717, 1.165) is 26.5 Å². The van der Waals surface area contributed by atoms with Crippen molar-refractivity contribution in [2.75, 3.05) is 21.7 Å². The molecule has 1 unspecified atom stereocenters. The highest BCUT2D eigenvalue weighted by Gasteiger charge is 2.27. The van der Waals surface area contributed by atoms with Gasteiger partial charge in [0, 0.05) is 29.2 Å². The van der Waals surface area contributed by atoms with Gasteiger partial charge in [0.05, 0.1) is 28.2 Å². The summed E-state index contributed by atoms with van der Waals surface area (Å²) in [5.74, 6) is -1.57. The minimum atomic E-state index is -4.05. The van der Waals surface area contributed by atoms with Gasteiger partial charge in [-0.3, -0.25) is 18.1 Å². The molecule has 0 aliphatic heterocycles. The Bertz CT molecular complexity index is 1990. The second-order valence-electron chi connectivity index (χ2n) is 11.0. The molecule has 5 aromatic rings. The van der Waals surface area contributed by atoms with E-state index in [1.165, 1.54) is 16.4 Å². The zero-order chi connectivity index (χ0) is 33.4. The van der Waals surface area contributed by atoms with Crippen LogP contribution in [0.1, 0.15) is 40.0 Å². The Labute approximate surface area is 281 Å². The predicted molar refractivity (Wildman–Crippen MR) is 188 cm³/mol. The van der Waals surface area contributed by atoms with E-state index in [2.05, 4.69) is 0 Å². The van der Waals surface area contributed by atoms with Gasteiger partial charge >= 0.3 is 5.97 Å². The lowest BCUT2D eigenvalue weighted by molar-refractivity contribution is 0.0697. The number of carbonyl (C=O) groups is 1. The number of sulfonamides is 1. The first-order valence-electron chi connectivity index (χ1n) is 15.0. The fraction of sp³-hybridized carbons (Fsp3) is 0.200. The molecule has 0 aliphatic carbocycles. The van der Waals surface area contributed by atoms with Crippen molar-refractivity contribution in [3.05, 3.63) is 137 Å². The predicted octanol–water partition coefficient (Wildman–Crippen LogP) is 7.13. The Kier molecular flexibility index (Phi) is 11.3. The fourth-order valence-electron chi connectivity index (χ4n) is 5.38. The molecule has 4 aromatic carbocycles. The fourth-order valence-corrected chi connectivity index (χ4v) is 7.72. The van der Waals surface area contributed by atoms with E-state index in [-0.39, 0.29) is 30.1 Å². The van der Waals surface area contributed by atoms with Gasteiger partial charge in [-0.2, -0.15) is 0 Å². The number of pyridine rings is 1. The van der Waals surface area contributed by atoms with Gasteiger partial charge in [-0.1, -0.05) is 72.3 Å². The molecular formula is C35H34ClN3O6S2. The monoisotopic (exact) mass is 691 g/mol. The molecule has 12 heteroatoms. The number of benzene rings is 4. The molecule has 1 aromatic heterocycles. The van der Waals surface area contributed by atoms with Crippen molar-refractivity contribution in [3.63, 3.8) is 0 Å². The summed E-state index contributed by atoms with van der Waals surface area (Å²) in [6.45, 7) is 0.139. The van der Waals surface area contributed by atoms with Crippen molar-refractivity contribution in [2.45, 2.75) is 31.4 Å². The number of anilines is 2. The van der Waals surface area contributed by atoms with E-state index in [4.69, 9.17) is 16.6 Å². The second kappa shape index (κ2) is 15.5. The van der Waals surface area contributed by atoms with Gasteiger partial charge < -0.3 is 5.11 Å². The maximum absolute atomic E-state index is 14.0. The highest BCUT2D eigenvalue weighted by Crippen LogP contribution is 2.27. The standard InChI is InChI=1S/C35H34ClN3O6S2/c36-29-16-20-31(21-17-29)38(46(42)43)22-5-6-23-39(34-13-4-2-11-32(34)35(40)41)47(44,45)25-27-9-7-8-26(24-27)14-18-30-19-15-28-10-1-3-12-33(28)37-30/h1-4,7-13,15-17,19-21,24H,5-6,14,18,22-23,25H2,(H,40,41)(H,42,43). The van der Waals surface area contributed by atoms with Crippen LogP contribution in [0.15, 0.2) is 109 Å². The van der Waals surface area contributed by atoms with Crippen molar-refractivity contribution in [1.29, 1.82) is 0 Å². The van der Waals surface area contributed by atoms with E-state index >= 15 is 0 Å². The zero-order valence-corrected chi connectivity index (χ0v) is 27.8. The van der Waals surface area contributed by atoms with Crippen LogP contribution in [-0.2, 0) is 39.9 Å². The minimum Gasteiger partial charge on any atom is -0.478 e. The SMILES string of the molecule is O=C(O)c1ccccc1N(CCCCN(c1ccc(Cl)cc1)S(=O)O)S(=O)(=O)Cc1cccc(CCc2ccc3ccccc3n2)c1. The van der Waals surface area contributed by atoms with Crippen molar-refractivity contribution in [1.82, 2.24) is 4.98 Å². The highest BCUT2D eigenvalue weighted by atomic mass is 35.5. The number of hydrogen-bond donors (Lipinski definition) is 2. The number of para-hydroxylation sites is 2. The van der Waals surface area contributed by atoms with E-state index in [1.54, 1.807) is 42.5 Å². The van der Waals surface area contributed by atoms with Crippen molar-refractivity contribution in [3.8, 4) is 0 Å². The quantitative estimate of drug-likeness (QED) is 0.0883. The number of carboxylic acids is 1. The van der Waals surface area contributed by atoms with Crippen LogP contribution in [0.5, 0.6) is 0 Å². The number of halogens is 1.